The Morgan fingerprint density at radius 1 is 1.38 bits per heavy atom. The van der Waals surface area contributed by atoms with Gasteiger partial charge in [0.1, 0.15) is 0 Å². The molecule has 4 nitrogen and oxygen atoms in total. The molecule has 0 N–H and O–H groups in total. The van der Waals surface area contributed by atoms with Crippen LogP contribution in [-0.4, -0.2) is 36.3 Å². The van der Waals surface area contributed by atoms with E-state index in [9.17, 15) is 4.79 Å². The molecule has 1 amide bonds. The van der Waals surface area contributed by atoms with Crippen LogP contribution in [0.3, 0.4) is 0 Å². The zero-order chi connectivity index (χ0) is 11.6. The Kier molecular flexibility index (Phi) is 2.90. The van der Waals surface area contributed by atoms with Gasteiger partial charge in [0.2, 0.25) is 0 Å². The molecule has 4 heteroatoms. The number of amides is 1. The van der Waals surface area contributed by atoms with Crippen LogP contribution in [0, 0.1) is 0 Å². The summed E-state index contributed by atoms with van der Waals surface area (Å²) < 4.78 is 7.38. The van der Waals surface area contributed by atoms with Gasteiger partial charge in [0.15, 0.2) is 0 Å². The average molecular weight is 222 g/mol. The van der Waals surface area contributed by atoms with E-state index in [1.54, 1.807) is 14.1 Å². The molecular formula is C12H18N2O2. The van der Waals surface area contributed by atoms with Crippen molar-refractivity contribution < 1.29 is 9.53 Å². The molecule has 0 radical (unpaired) electrons. The van der Waals surface area contributed by atoms with E-state index < -0.39 is 0 Å². The maximum Gasteiger partial charge on any atom is 0.409 e. The maximum absolute atomic E-state index is 11.2. The third-order valence-electron chi connectivity index (χ3n) is 3.14. The minimum absolute atomic E-state index is 0.218. The van der Waals surface area contributed by atoms with Gasteiger partial charge in [0.25, 0.3) is 0 Å². The van der Waals surface area contributed by atoms with Crippen molar-refractivity contribution in [1.29, 1.82) is 0 Å². The number of hydrogen-bond donors (Lipinski definition) is 0. The molecule has 0 bridgehead atoms. The standard InChI is InChI=1S/C12H18N2O2/c1-13(2)11(15)16-10-7-12(5-6-12)14-8-3-4-9-14/h3-4,8-9H,5-7,10H2,1-2H3. The number of aromatic nitrogens is 1. The second-order valence-electron chi connectivity index (χ2n) is 4.57. The Balaban J connectivity index is 1.81. The largest absolute Gasteiger partial charge is 0.449 e. The first-order valence-corrected chi connectivity index (χ1v) is 5.62. The lowest BCUT2D eigenvalue weighted by Gasteiger charge is -2.18. The lowest BCUT2D eigenvalue weighted by Crippen LogP contribution is -2.25. The topological polar surface area (TPSA) is 34.5 Å². The molecular weight excluding hydrogens is 204 g/mol. The van der Waals surface area contributed by atoms with E-state index >= 15 is 0 Å². The second kappa shape index (κ2) is 4.20. The van der Waals surface area contributed by atoms with Crippen molar-refractivity contribution in [2.45, 2.75) is 24.8 Å². The molecule has 1 aliphatic rings. The van der Waals surface area contributed by atoms with Gasteiger partial charge in [0.05, 0.1) is 6.61 Å². The molecule has 1 aromatic rings. The van der Waals surface area contributed by atoms with Crippen LogP contribution in [0.25, 0.3) is 0 Å². The molecule has 1 aromatic heterocycles. The molecule has 2 rings (SSSR count). The van der Waals surface area contributed by atoms with Gasteiger partial charge in [-0.15, -0.1) is 0 Å². The van der Waals surface area contributed by atoms with Gasteiger partial charge in [-0.05, 0) is 25.0 Å². The van der Waals surface area contributed by atoms with Gasteiger partial charge < -0.3 is 14.2 Å². The summed E-state index contributed by atoms with van der Waals surface area (Å²) >= 11 is 0. The van der Waals surface area contributed by atoms with Crippen molar-refractivity contribution in [2.24, 2.45) is 0 Å². The first kappa shape index (κ1) is 11.0. The summed E-state index contributed by atoms with van der Waals surface area (Å²) in [5, 5.41) is 0. The first-order chi connectivity index (χ1) is 7.64. The molecule has 16 heavy (non-hydrogen) atoms. The van der Waals surface area contributed by atoms with Crippen molar-refractivity contribution >= 4 is 6.09 Å². The smallest absolute Gasteiger partial charge is 0.409 e. The Morgan fingerprint density at radius 3 is 2.50 bits per heavy atom. The quantitative estimate of drug-likeness (QED) is 0.781. The van der Waals surface area contributed by atoms with E-state index in [2.05, 4.69) is 17.0 Å². The van der Waals surface area contributed by atoms with Crippen molar-refractivity contribution in [3.8, 4) is 0 Å². The van der Waals surface area contributed by atoms with E-state index in [-0.39, 0.29) is 11.6 Å². The Labute approximate surface area is 95.8 Å². The van der Waals surface area contributed by atoms with E-state index in [1.165, 1.54) is 17.7 Å². The summed E-state index contributed by atoms with van der Waals surface area (Å²) in [5.41, 5.74) is 0.218. The third kappa shape index (κ3) is 2.21. The van der Waals surface area contributed by atoms with Gasteiger partial charge in [-0.1, -0.05) is 0 Å². The zero-order valence-electron chi connectivity index (χ0n) is 9.85. The highest BCUT2D eigenvalue weighted by molar-refractivity contribution is 5.66. The van der Waals surface area contributed by atoms with Gasteiger partial charge in [0, 0.05) is 38.4 Å². The Hall–Kier alpha value is -1.45. The van der Waals surface area contributed by atoms with Crippen LogP contribution in [0.1, 0.15) is 19.3 Å². The molecule has 0 aliphatic heterocycles. The van der Waals surface area contributed by atoms with Crippen LogP contribution >= 0.6 is 0 Å². The molecule has 1 fully saturated rings. The number of carbonyl (C=O) groups excluding carboxylic acids is 1. The Morgan fingerprint density at radius 2 is 2.00 bits per heavy atom. The molecule has 1 saturated carbocycles. The number of ether oxygens (including phenoxy) is 1. The lowest BCUT2D eigenvalue weighted by molar-refractivity contribution is 0.111. The lowest BCUT2D eigenvalue weighted by atomic mass is 10.2. The van der Waals surface area contributed by atoms with Gasteiger partial charge in [-0.3, -0.25) is 0 Å². The number of nitrogens with zero attached hydrogens (tertiary/aromatic N) is 2. The van der Waals surface area contributed by atoms with Crippen LogP contribution in [-0.2, 0) is 10.3 Å². The van der Waals surface area contributed by atoms with Crippen molar-refractivity contribution in [3.05, 3.63) is 24.5 Å². The normalized spacial score (nSPS) is 16.9. The Bertz CT molecular complexity index is 353. The predicted molar refractivity (Wildman–Crippen MR) is 61.3 cm³/mol. The average Bonchev–Trinajstić information content (AvgIpc) is 2.83. The molecule has 0 unspecified atom stereocenters. The van der Waals surface area contributed by atoms with Gasteiger partial charge in [-0.25, -0.2) is 4.79 Å². The van der Waals surface area contributed by atoms with E-state index in [1.807, 2.05) is 12.1 Å². The number of rotatable bonds is 4. The summed E-state index contributed by atoms with van der Waals surface area (Å²) in [6.07, 6.45) is 7.17. The minimum Gasteiger partial charge on any atom is -0.449 e. The molecule has 0 spiro atoms. The summed E-state index contributed by atoms with van der Waals surface area (Å²) in [5.74, 6) is 0. The number of carbonyl (C=O) groups is 1. The van der Waals surface area contributed by atoms with E-state index in [0.717, 1.165) is 6.42 Å². The summed E-state index contributed by atoms with van der Waals surface area (Å²) in [6.45, 7) is 0.495. The molecule has 88 valence electrons. The zero-order valence-corrected chi connectivity index (χ0v) is 9.85. The van der Waals surface area contributed by atoms with Crippen LogP contribution in [0.2, 0.25) is 0 Å². The van der Waals surface area contributed by atoms with Crippen LogP contribution in [0.4, 0.5) is 4.79 Å². The van der Waals surface area contributed by atoms with Gasteiger partial charge >= 0.3 is 6.09 Å². The first-order valence-electron chi connectivity index (χ1n) is 5.62. The van der Waals surface area contributed by atoms with E-state index in [4.69, 9.17) is 4.74 Å². The fourth-order valence-corrected chi connectivity index (χ4v) is 1.89. The molecule has 1 heterocycles. The molecule has 0 saturated heterocycles. The molecule has 0 atom stereocenters. The van der Waals surface area contributed by atoms with Crippen molar-refractivity contribution in [3.63, 3.8) is 0 Å². The SMILES string of the molecule is CN(C)C(=O)OCCC1(n2cccc2)CC1. The minimum atomic E-state index is -0.261. The summed E-state index contributed by atoms with van der Waals surface area (Å²) in [7, 11) is 3.39. The highest BCUT2D eigenvalue weighted by Crippen LogP contribution is 2.46. The van der Waals surface area contributed by atoms with Crippen molar-refractivity contribution in [1.82, 2.24) is 9.47 Å². The van der Waals surface area contributed by atoms with Crippen LogP contribution in [0.15, 0.2) is 24.5 Å². The maximum atomic E-state index is 11.2. The highest BCUT2D eigenvalue weighted by Gasteiger charge is 2.43. The van der Waals surface area contributed by atoms with E-state index in [0.29, 0.717) is 6.61 Å². The monoisotopic (exact) mass is 222 g/mol. The van der Waals surface area contributed by atoms with Crippen LogP contribution < -0.4 is 0 Å². The summed E-state index contributed by atoms with van der Waals surface area (Å²) in [6, 6.07) is 4.07. The number of hydrogen-bond acceptors (Lipinski definition) is 2. The molecule has 0 aromatic carbocycles. The van der Waals surface area contributed by atoms with Crippen LogP contribution in [0.5, 0.6) is 0 Å². The summed E-state index contributed by atoms with van der Waals surface area (Å²) in [4.78, 5) is 12.7. The predicted octanol–water partition coefficient (Wildman–Crippen LogP) is 2.07. The fraction of sp³-hybridized carbons (Fsp3) is 0.583. The highest BCUT2D eigenvalue weighted by atomic mass is 16.6. The fourth-order valence-electron chi connectivity index (χ4n) is 1.89. The second-order valence-corrected chi connectivity index (χ2v) is 4.57. The van der Waals surface area contributed by atoms with Crippen molar-refractivity contribution in [2.75, 3.05) is 20.7 Å². The van der Waals surface area contributed by atoms with Gasteiger partial charge in [-0.2, -0.15) is 0 Å². The third-order valence-corrected chi connectivity index (χ3v) is 3.14. The molecule has 1 aliphatic carbocycles.